The molecule has 1 aliphatic rings. The van der Waals surface area contributed by atoms with Crippen molar-refractivity contribution in [3.8, 4) is 39.1 Å². The van der Waals surface area contributed by atoms with Crippen LogP contribution >= 0.6 is 0 Å². The molecule has 1 aromatic heterocycles. The van der Waals surface area contributed by atoms with Gasteiger partial charge in [-0.1, -0.05) is 153 Å². The summed E-state index contributed by atoms with van der Waals surface area (Å²) in [7, 11) is 0. The van der Waals surface area contributed by atoms with E-state index < -0.39 is 0 Å². The summed E-state index contributed by atoms with van der Waals surface area (Å²) in [6.07, 6.45) is 0. The Bertz CT molecular complexity index is 2790. The van der Waals surface area contributed by atoms with Crippen molar-refractivity contribution in [2.24, 2.45) is 0 Å². The number of rotatable bonds is 6. The van der Waals surface area contributed by atoms with Gasteiger partial charge in [0.25, 0.3) is 0 Å². The third kappa shape index (κ3) is 5.02. The van der Waals surface area contributed by atoms with E-state index in [1.165, 1.54) is 66.3 Å². The molecule has 1 heterocycles. The van der Waals surface area contributed by atoms with Gasteiger partial charge in [0.2, 0.25) is 0 Å². The first-order chi connectivity index (χ1) is 26.1. The summed E-state index contributed by atoms with van der Waals surface area (Å²) in [4.78, 5) is 2.46. The lowest BCUT2D eigenvalue weighted by Gasteiger charge is -2.30. The fourth-order valence-corrected chi connectivity index (χ4v) is 8.74. The van der Waals surface area contributed by atoms with Gasteiger partial charge < -0.3 is 9.47 Å². The lowest BCUT2D eigenvalue weighted by molar-refractivity contribution is 0.662. The van der Waals surface area contributed by atoms with Crippen molar-refractivity contribution in [1.29, 1.82) is 0 Å². The molecule has 0 fully saturated rings. The second kappa shape index (κ2) is 12.3. The second-order valence-electron chi connectivity index (χ2n) is 14.6. The van der Waals surface area contributed by atoms with Crippen LogP contribution in [0.25, 0.3) is 60.9 Å². The smallest absolute Gasteiger partial charge is 0.0561 e. The van der Waals surface area contributed by atoms with E-state index in [4.69, 9.17) is 0 Å². The number of aromatic nitrogens is 1. The molecule has 252 valence electrons. The van der Waals surface area contributed by atoms with Crippen molar-refractivity contribution < 1.29 is 0 Å². The SMILES string of the molecule is CC1(C)c2ccccc2-c2cc(N(c3cccc(-c4ccccc4)c3)c3ccc4c5ccccc5n(-c5ccccc5)c4c3)cc(-c3ccccc3)c21. The normalized spacial score (nSPS) is 12.9. The average Bonchev–Trinajstić information content (AvgIpc) is 3.67. The molecule has 0 aliphatic heterocycles. The minimum Gasteiger partial charge on any atom is -0.310 e. The van der Waals surface area contributed by atoms with Crippen molar-refractivity contribution in [3.63, 3.8) is 0 Å². The van der Waals surface area contributed by atoms with Crippen molar-refractivity contribution in [2.45, 2.75) is 19.3 Å². The van der Waals surface area contributed by atoms with E-state index >= 15 is 0 Å². The van der Waals surface area contributed by atoms with E-state index in [1.54, 1.807) is 0 Å². The Morgan fingerprint density at radius 3 is 1.79 bits per heavy atom. The topological polar surface area (TPSA) is 8.17 Å². The molecule has 0 unspecified atom stereocenters. The van der Waals surface area contributed by atoms with Gasteiger partial charge in [0.1, 0.15) is 0 Å². The molecule has 0 atom stereocenters. The first kappa shape index (κ1) is 31.1. The van der Waals surface area contributed by atoms with E-state index in [0.29, 0.717) is 0 Å². The van der Waals surface area contributed by atoms with Crippen LogP contribution in [0.15, 0.2) is 194 Å². The zero-order valence-corrected chi connectivity index (χ0v) is 29.9. The van der Waals surface area contributed by atoms with Gasteiger partial charge in [0.15, 0.2) is 0 Å². The summed E-state index contributed by atoms with van der Waals surface area (Å²) in [5.41, 5.74) is 16.9. The Balaban J connectivity index is 1.28. The van der Waals surface area contributed by atoms with E-state index in [2.05, 4.69) is 217 Å². The van der Waals surface area contributed by atoms with Crippen LogP contribution in [0, 0.1) is 0 Å². The van der Waals surface area contributed by atoms with Crippen LogP contribution in [0.1, 0.15) is 25.0 Å². The molecule has 2 nitrogen and oxygen atoms in total. The van der Waals surface area contributed by atoms with E-state index in [-0.39, 0.29) is 5.41 Å². The Morgan fingerprint density at radius 2 is 1.00 bits per heavy atom. The number of nitrogens with zero attached hydrogens (tertiary/aromatic N) is 2. The number of hydrogen-bond acceptors (Lipinski definition) is 1. The zero-order valence-electron chi connectivity index (χ0n) is 29.9. The Kier molecular flexibility index (Phi) is 7.19. The number of para-hydroxylation sites is 2. The van der Waals surface area contributed by atoms with Gasteiger partial charge in [-0.3, -0.25) is 0 Å². The van der Waals surface area contributed by atoms with Crippen molar-refractivity contribution in [3.05, 3.63) is 205 Å². The molecule has 0 radical (unpaired) electrons. The fraction of sp³-hybridized carbons (Fsp3) is 0.0588. The highest BCUT2D eigenvalue weighted by Crippen LogP contribution is 2.54. The van der Waals surface area contributed by atoms with Crippen molar-refractivity contribution >= 4 is 38.9 Å². The molecule has 2 heteroatoms. The summed E-state index contributed by atoms with van der Waals surface area (Å²) in [6, 6.07) is 70.9. The van der Waals surface area contributed by atoms with Gasteiger partial charge in [-0.15, -0.1) is 0 Å². The Morgan fingerprint density at radius 1 is 0.396 bits per heavy atom. The third-order valence-corrected chi connectivity index (χ3v) is 11.1. The molecule has 0 bridgehead atoms. The molecule has 0 N–H and O–H groups in total. The minimum absolute atomic E-state index is 0.150. The highest BCUT2D eigenvalue weighted by molar-refractivity contribution is 6.10. The first-order valence-electron chi connectivity index (χ1n) is 18.4. The van der Waals surface area contributed by atoms with Gasteiger partial charge in [0.05, 0.1) is 11.0 Å². The van der Waals surface area contributed by atoms with Crippen molar-refractivity contribution in [2.75, 3.05) is 4.90 Å². The highest BCUT2D eigenvalue weighted by Gasteiger charge is 2.38. The zero-order chi connectivity index (χ0) is 35.5. The van der Waals surface area contributed by atoms with E-state index in [0.717, 1.165) is 22.7 Å². The van der Waals surface area contributed by atoms with Gasteiger partial charge in [-0.25, -0.2) is 0 Å². The molecular formula is C51H38N2. The van der Waals surface area contributed by atoms with Gasteiger partial charge in [0, 0.05) is 38.9 Å². The van der Waals surface area contributed by atoms with Crippen LogP contribution in [-0.4, -0.2) is 4.57 Å². The maximum absolute atomic E-state index is 2.46. The number of anilines is 3. The van der Waals surface area contributed by atoms with Crippen LogP contribution in [0.3, 0.4) is 0 Å². The number of fused-ring (bicyclic) bond motifs is 6. The largest absolute Gasteiger partial charge is 0.310 e. The predicted octanol–water partition coefficient (Wildman–Crippen LogP) is 13.9. The third-order valence-electron chi connectivity index (χ3n) is 11.1. The minimum atomic E-state index is -0.150. The van der Waals surface area contributed by atoms with Crippen LogP contribution in [0.2, 0.25) is 0 Å². The standard InChI is InChI=1S/C51H38N2/c1-51(2)47-27-14-12-25-42(47)46-33-41(32-45(50(46)51)36-19-8-4-9-20-36)52(39-24-16-21-37(31-39)35-17-6-3-7-18-35)40-29-30-44-43-26-13-15-28-48(43)53(49(44)34-40)38-22-10-5-11-23-38/h3-34H,1-2H3. The molecule has 0 saturated carbocycles. The van der Waals surface area contributed by atoms with Crippen LogP contribution in [0.5, 0.6) is 0 Å². The molecule has 0 saturated heterocycles. The average molecular weight is 679 g/mol. The number of hydrogen-bond donors (Lipinski definition) is 0. The molecule has 8 aromatic carbocycles. The monoisotopic (exact) mass is 678 g/mol. The summed E-state index contributed by atoms with van der Waals surface area (Å²) in [5, 5.41) is 2.49. The van der Waals surface area contributed by atoms with Crippen LogP contribution in [0.4, 0.5) is 17.1 Å². The Hall–Kier alpha value is -6.64. The molecule has 0 amide bonds. The molecular weight excluding hydrogens is 641 g/mol. The lowest BCUT2D eigenvalue weighted by atomic mass is 9.78. The van der Waals surface area contributed by atoms with E-state index in [9.17, 15) is 0 Å². The van der Waals surface area contributed by atoms with Crippen LogP contribution in [-0.2, 0) is 5.41 Å². The quantitative estimate of drug-likeness (QED) is 0.170. The van der Waals surface area contributed by atoms with Gasteiger partial charge >= 0.3 is 0 Å². The summed E-state index contributed by atoms with van der Waals surface area (Å²) in [5.74, 6) is 0. The first-order valence-corrected chi connectivity index (χ1v) is 18.4. The van der Waals surface area contributed by atoms with Gasteiger partial charge in [-0.2, -0.15) is 0 Å². The maximum atomic E-state index is 2.46. The van der Waals surface area contributed by atoms with Crippen LogP contribution < -0.4 is 4.90 Å². The summed E-state index contributed by atoms with van der Waals surface area (Å²) < 4.78 is 2.41. The van der Waals surface area contributed by atoms with E-state index in [1.807, 2.05) is 0 Å². The van der Waals surface area contributed by atoms with Gasteiger partial charge in [-0.05, 0) is 99.1 Å². The second-order valence-corrected chi connectivity index (χ2v) is 14.6. The molecule has 10 rings (SSSR count). The molecule has 0 spiro atoms. The molecule has 1 aliphatic carbocycles. The molecule has 9 aromatic rings. The fourth-order valence-electron chi connectivity index (χ4n) is 8.74. The number of benzene rings is 8. The maximum Gasteiger partial charge on any atom is 0.0561 e. The van der Waals surface area contributed by atoms with Crippen molar-refractivity contribution in [1.82, 2.24) is 4.57 Å². The Labute approximate surface area is 310 Å². The summed E-state index contributed by atoms with van der Waals surface area (Å²) >= 11 is 0. The molecule has 53 heavy (non-hydrogen) atoms. The highest BCUT2D eigenvalue weighted by atomic mass is 15.1. The predicted molar refractivity (Wildman–Crippen MR) is 224 cm³/mol. The lowest BCUT2D eigenvalue weighted by Crippen LogP contribution is -2.17. The summed E-state index contributed by atoms with van der Waals surface area (Å²) in [6.45, 7) is 4.75.